The molecule has 0 bridgehead atoms. The molecule has 1 aliphatic carbocycles. The maximum absolute atomic E-state index is 6.16. The highest BCUT2D eigenvalue weighted by atomic mass is 14.8. The lowest BCUT2D eigenvalue weighted by Gasteiger charge is -2.45. The first kappa shape index (κ1) is 10.0. The van der Waals surface area contributed by atoms with Crippen molar-refractivity contribution in [2.45, 2.75) is 45.6 Å². The molecule has 1 saturated carbocycles. The van der Waals surface area contributed by atoms with Gasteiger partial charge >= 0.3 is 0 Å². The fourth-order valence-electron chi connectivity index (χ4n) is 2.98. The summed E-state index contributed by atoms with van der Waals surface area (Å²) in [6, 6.07) is 0. The van der Waals surface area contributed by atoms with Gasteiger partial charge in [-0.25, -0.2) is 0 Å². The molecule has 4 N–H and O–H groups in total. The fourth-order valence-corrected chi connectivity index (χ4v) is 2.98. The van der Waals surface area contributed by atoms with E-state index in [1.807, 2.05) is 0 Å². The Hall–Kier alpha value is -0.0800. The van der Waals surface area contributed by atoms with Gasteiger partial charge in [0.2, 0.25) is 0 Å². The molecule has 12 heavy (non-hydrogen) atoms. The van der Waals surface area contributed by atoms with E-state index in [-0.39, 0.29) is 11.0 Å². The Labute approximate surface area is 75.7 Å². The van der Waals surface area contributed by atoms with E-state index in [1.54, 1.807) is 0 Å². The average molecular weight is 170 g/mol. The summed E-state index contributed by atoms with van der Waals surface area (Å²) in [6.07, 6.45) is 3.44. The van der Waals surface area contributed by atoms with Crippen LogP contribution in [0.2, 0.25) is 0 Å². The molecule has 0 spiro atoms. The van der Waals surface area contributed by atoms with Crippen molar-refractivity contribution in [1.29, 1.82) is 0 Å². The van der Waals surface area contributed by atoms with Crippen LogP contribution in [0, 0.1) is 11.3 Å². The first-order valence-electron chi connectivity index (χ1n) is 4.86. The summed E-state index contributed by atoms with van der Waals surface area (Å²) in [7, 11) is 0. The van der Waals surface area contributed by atoms with Crippen molar-refractivity contribution in [3.63, 3.8) is 0 Å². The van der Waals surface area contributed by atoms with Gasteiger partial charge < -0.3 is 11.5 Å². The quantitative estimate of drug-likeness (QED) is 0.626. The van der Waals surface area contributed by atoms with Crippen LogP contribution < -0.4 is 11.5 Å². The van der Waals surface area contributed by atoms with Gasteiger partial charge in [-0.2, -0.15) is 0 Å². The largest absolute Gasteiger partial charge is 0.330 e. The van der Waals surface area contributed by atoms with Crippen molar-refractivity contribution >= 4 is 0 Å². The summed E-state index contributed by atoms with van der Waals surface area (Å²) in [5.74, 6) is 0.724. The Balaban J connectivity index is 2.70. The molecular formula is C10H22N2. The molecular weight excluding hydrogens is 148 g/mol. The zero-order chi connectivity index (χ0) is 9.41. The Morgan fingerprint density at radius 1 is 1.33 bits per heavy atom. The smallest absolute Gasteiger partial charge is 0.0134 e. The van der Waals surface area contributed by atoms with Crippen LogP contribution in [0.25, 0.3) is 0 Å². The van der Waals surface area contributed by atoms with Crippen molar-refractivity contribution in [2.24, 2.45) is 22.8 Å². The van der Waals surface area contributed by atoms with Gasteiger partial charge in [-0.1, -0.05) is 13.8 Å². The van der Waals surface area contributed by atoms with Gasteiger partial charge in [0.15, 0.2) is 0 Å². The number of rotatable bonds is 1. The molecule has 3 unspecified atom stereocenters. The second-order valence-corrected chi connectivity index (χ2v) is 5.36. The molecule has 1 rings (SSSR count). The first-order valence-corrected chi connectivity index (χ1v) is 4.86. The van der Waals surface area contributed by atoms with Crippen LogP contribution >= 0.6 is 0 Å². The minimum absolute atomic E-state index is 0.00574. The molecule has 1 aliphatic rings. The van der Waals surface area contributed by atoms with Gasteiger partial charge in [0.05, 0.1) is 0 Å². The monoisotopic (exact) mass is 170 g/mol. The fraction of sp³-hybridized carbons (Fsp3) is 1.00. The molecule has 0 aliphatic heterocycles. The van der Waals surface area contributed by atoms with Crippen molar-refractivity contribution in [3.05, 3.63) is 0 Å². The average Bonchev–Trinajstić information content (AvgIpc) is 1.82. The normalized spacial score (nSPS) is 49.2. The molecule has 0 aromatic rings. The summed E-state index contributed by atoms with van der Waals surface area (Å²) in [5.41, 5.74) is 12.2. The van der Waals surface area contributed by atoms with Gasteiger partial charge in [0, 0.05) is 5.54 Å². The zero-order valence-electron chi connectivity index (χ0n) is 8.56. The summed E-state index contributed by atoms with van der Waals surface area (Å²) in [6.45, 7) is 7.45. The molecule has 0 heterocycles. The molecule has 1 fully saturated rings. The summed E-state index contributed by atoms with van der Waals surface area (Å²) >= 11 is 0. The molecule has 3 atom stereocenters. The SMILES string of the molecule is CC1CC(C)(N)CC(C)(CN)C1. The topological polar surface area (TPSA) is 52.0 Å². The second kappa shape index (κ2) is 3.00. The predicted molar refractivity (Wildman–Crippen MR) is 52.8 cm³/mol. The van der Waals surface area contributed by atoms with E-state index in [0.29, 0.717) is 0 Å². The zero-order valence-corrected chi connectivity index (χ0v) is 8.56. The van der Waals surface area contributed by atoms with Crippen LogP contribution in [-0.4, -0.2) is 12.1 Å². The molecule has 0 aromatic heterocycles. The lowest BCUT2D eigenvalue weighted by atomic mass is 9.64. The van der Waals surface area contributed by atoms with E-state index in [9.17, 15) is 0 Å². The van der Waals surface area contributed by atoms with Crippen LogP contribution in [0.1, 0.15) is 40.0 Å². The van der Waals surface area contributed by atoms with E-state index in [1.165, 1.54) is 6.42 Å². The summed E-state index contributed by atoms with van der Waals surface area (Å²) in [5, 5.41) is 0. The van der Waals surface area contributed by atoms with E-state index in [2.05, 4.69) is 20.8 Å². The maximum Gasteiger partial charge on any atom is 0.0134 e. The van der Waals surface area contributed by atoms with Gasteiger partial charge in [0.25, 0.3) is 0 Å². The van der Waals surface area contributed by atoms with Gasteiger partial charge in [-0.15, -0.1) is 0 Å². The highest BCUT2D eigenvalue weighted by Crippen LogP contribution is 2.41. The maximum atomic E-state index is 6.16. The Morgan fingerprint density at radius 3 is 2.33 bits per heavy atom. The number of hydrogen-bond acceptors (Lipinski definition) is 2. The first-order chi connectivity index (χ1) is 5.37. The van der Waals surface area contributed by atoms with Crippen molar-refractivity contribution < 1.29 is 0 Å². The van der Waals surface area contributed by atoms with Gasteiger partial charge in [0.1, 0.15) is 0 Å². The molecule has 2 nitrogen and oxygen atoms in total. The van der Waals surface area contributed by atoms with Gasteiger partial charge in [-0.3, -0.25) is 0 Å². The van der Waals surface area contributed by atoms with E-state index < -0.39 is 0 Å². The van der Waals surface area contributed by atoms with E-state index in [4.69, 9.17) is 11.5 Å². The Morgan fingerprint density at radius 2 is 1.92 bits per heavy atom. The third kappa shape index (κ3) is 2.20. The van der Waals surface area contributed by atoms with Crippen LogP contribution in [0.3, 0.4) is 0 Å². The molecule has 0 radical (unpaired) electrons. The summed E-state index contributed by atoms with van der Waals surface area (Å²) in [4.78, 5) is 0. The number of hydrogen-bond donors (Lipinski definition) is 2. The van der Waals surface area contributed by atoms with Crippen molar-refractivity contribution in [2.75, 3.05) is 6.54 Å². The third-order valence-corrected chi connectivity index (χ3v) is 2.98. The third-order valence-electron chi connectivity index (χ3n) is 2.98. The van der Waals surface area contributed by atoms with Crippen LogP contribution in [0.5, 0.6) is 0 Å². The molecule has 0 aromatic carbocycles. The standard InChI is InChI=1S/C10H22N2/c1-8-4-9(2,7-11)6-10(3,12)5-8/h8H,4-7,11-12H2,1-3H3. The minimum atomic E-state index is 0.00574. The van der Waals surface area contributed by atoms with E-state index in [0.717, 1.165) is 25.3 Å². The van der Waals surface area contributed by atoms with Crippen LogP contribution in [0.15, 0.2) is 0 Å². The lowest BCUT2D eigenvalue weighted by Crippen LogP contribution is -2.49. The molecule has 72 valence electrons. The highest BCUT2D eigenvalue weighted by molar-refractivity contribution is 4.95. The number of nitrogens with two attached hydrogens (primary N) is 2. The molecule has 0 saturated heterocycles. The van der Waals surface area contributed by atoms with Gasteiger partial charge in [-0.05, 0) is 44.1 Å². The Kier molecular flexibility index (Phi) is 2.50. The van der Waals surface area contributed by atoms with Crippen LogP contribution in [-0.2, 0) is 0 Å². The van der Waals surface area contributed by atoms with Crippen molar-refractivity contribution in [1.82, 2.24) is 0 Å². The lowest BCUT2D eigenvalue weighted by molar-refractivity contribution is 0.109. The minimum Gasteiger partial charge on any atom is -0.330 e. The highest BCUT2D eigenvalue weighted by Gasteiger charge is 2.39. The molecule has 2 heteroatoms. The Bertz CT molecular complexity index is 165. The van der Waals surface area contributed by atoms with Crippen LogP contribution in [0.4, 0.5) is 0 Å². The van der Waals surface area contributed by atoms with E-state index >= 15 is 0 Å². The second-order valence-electron chi connectivity index (χ2n) is 5.36. The van der Waals surface area contributed by atoms with Crippen molar-refractivity contribution in [3.8, 4) is 0 Å². The summed E-state index contributed by atoms with van der Waals surface area (Å²) < 4.78 is 0. The molecule has 0 amide bonds. The predicted octanol–water partition coefficient (Wildman–Crippen LogP) is 1.49.